The number of anilines is 1. The van der Waals surface area contributed by atoms with E-state index in [9.17, 15) is 10.1 Å². The van der Waals surface area contributed by atoms with Gasteiger partial charge in [-0.3, -0.25) is 10.1 Å². The molecule has 0 spiro atoms. The fraction of sp³-hybridized carbons (Fsp3) is 0.500. The second-order valence-corrected chi connectivity index (χ2v) is 4.28. The zero-order valence-electron chi connectivity index (χ0n) is 10.1. The molecule has 5 nitrogen and oxygen atoms in total. The van der Waals surface area contributed by atoms with E-state index in [1.54, 1.807) is 13.0 Å². The van der Waals surface area contributed by atoms with Gasteiger partial charge in [0, 0.05) is 30.4 Å². The van der Waals surface area contributed by atoms with Crippen molar-refractivity contribution < 1.29 is 9.66 Å². The van der Waals surface area contributed by atoms with Gasteiger partial charge in [0.1, 0.15) is 0 Å². The number of benzene rings is 1. The minimum absolute atomic E-state index is 0.194. The quantitative estimate of drug-likeness (QED) is 0.582. The molecule has 1 aromatic rings. The van der Waals surface area contributed by atoms with Crippen LogP contribution in [0.4, 0.5) is 11.4 Å². The molecule has 2 rings (SSSR count). The average Bonchev–Trinajstić information content (AvgIpc) is 2.32. The van der Waals surface area contributed by atoms with E-state index in [1.807, 2.05) is 13.0 Å². The van der Waals surface area contributed by atoms with Gasteiger partial charge in [-0.2, -0.15) is 0 Å². The van der Waals surface area contributed by atoms with Gasteiger partial charge in [0.25, 0.3) is 5.69 Å². The SMILES string of the molecule is Cc1cc([N+](=O)[O-])c(C)cc1N1CCOCC1. The molecule has 1 aliphatic rings. The van der Waals surface area contributed by atoms with Crippen molar-refractivity contribution in [3.63, 3.8) is 0 Å². The third-order valence-corrected chi connectivity index (χ3v) is 3.06. The number of nitrogens with zero attached hydrogens (tertiary/aromatic N) is 2. The number of hydrogen-bond donors (Lipinski definition) is 0. The molecule has 17 heavy (non-hydrogen) atoms. The van der Waals surface area contributed by atoms with Crippen LogP contribution >= 0.6 is 0 Å². The number of morpholine rings is 1. The summed E-state index contributed by atoms with van der Waals surface area (Å²) in [6.07, 6.45) is 0. The normalized spacial score (nSPS) is 16.0. The van der Waals surface area contributed by atoms with E-state index >= 15 is 0 Å². The second kappa shape index (κ2) is 4.71. The Balaban J connectivity index is 2.35. The molecule has 1 heterocycles. The van der Waals surface area contributed by atoms with Crippen LogP contribution in [0.3, 0.4) is 0 Å². The Hall–Kier alpha value is -1.62. The molecule has 0 unspecified atom stereocenters. The minimum atomic E-state index is -0.328. The highest BCUT2D eigenvalue weighted by Crippen LogP contribution is 2.29. The molecule has 92 valence electrons. The maximum Gasteiger partial charge on any atom is 0.272 e. The summed E-state index contributed by atoms with van der Waals surface area (Å²) < 4.78 is 5.30. The Morgan fingerprint density at radius 3 is 2.47 bits per heavy atom. The first kappa shape index (κ1) is 11.9. The standard InChI is InChI=1S/C12H16N2O3/c1-9-8-12(14(15)16)10(2)7-11(9)13-3-5-17-6-4-13/h7-8H,3-6H2,1-2H3. The third kappa shape index (κ3) is 2.39. The van der Waals surface area contributed by atoms with Crippen LogP contribution in [0.1, 0.15) is 11.1 Å². The maximum absolute atomic E-state index is 10.8. The maximum atomic E-state index is 10.8. The summed E-state index contributed by atoms with van der Waals surface area (Å²) in [6.45, 7) is 6.82. The first-order valence-electron chi connectivity index (χ1n) is 5.68. The van der Waals surface area contributed by atoms with Crippen molar-refractivity contribution >= 4 is 11.4 Å². The number of nitro benzene ring substituents is 1. The Labute approximate surface area is 100 Å². The largest absolute Gasteiger partial charge is 0.378 e. The summed E-state index contributed by atoms with van der Waals surface area (Å²) in [5.41, 5.74) is 2.93. The van der Waals surface area contributed by atoms with E-state index in [4.69, 9.17) is 4.74 Å². The smallest absolute Gasteiger partial charge is 0.272 e. The lowest BCUT2D eigenvalue weighted by Crippen LogP contribution is -2.36. The summed E-state index contributed by atoms with van der Waals surface area (Å²) in [4.78, 5) is 12.7. The molecule has 0 amide bonds. The van der Waals surface area contributed by atoms with E-state index in [1.165, 1.54) is 0 Å². The van der Waals surface area contributed by atoms with Gasteiger partial charge in [0.15, 0.2) is 0 Å². The molecule has 0 N–H and O–H groups in total. The Bertz CT molecular complexity index is 440. The summed E-state index contributed by atoms with van der Waals surface area (Å²) in [5.74, 6) is 0. The number of rotatable bonds is 2. The van der Waals surface area contributed by atoms with Crippen LogP contribution in [0.25, 0.3) is 0 Å². The van der Waals surface area contributed by atoms with Crippen LogP contribution in [-0.2, 0) is 4.74 Å². The van der Waals surface area contributed by atoms with Crippen LogP contribution in [0.15, 0.2) is 12.1 Å². The summed E-state index contributed by atoms with van der Waals surface area (Å²) >= 11 is 0. The van der Waals surface area contributed by atoms with E-state index in [0.29, 0.717) is 5.56 Å². The van der Waals surface area contributed by atoms with Gasteiger partial charge in [0.2, 0.25) is 0 Å². The predicted molar refractivity (Wildman–Crippen MR) is 65.6 cm³/mol. The highest BCUT2D eigenvalue weighted by atomic mass is 16.6. The third-order valence-electron chi connectivity index (χ3n) is 3.06. The van der Waals surface area contributed by atoms with Crippen LogP contribution in [0.5, 0.6) is 0 Å². The van der Waals surface area contributed by atoms with Crippen molar-refractivity contribution in [2.45, 2.75) is 13.8 Å². The van der Waals surface area contributed by atoms with E-state index < -0.39 is 0 Å². The second-order valence-electron chi connectivity index (χ2n) is 4.28. The molecular weight excluding hydrogens is 220 g/mol. The lowest BCUT2D eigenvalue weighted by Gasteiger charge is -2.30. The fourth-order valence-electron chi connectivity index (χ4n) is 2.13. The van der Waals surface area contributed by atoms with Crippen molar-refractivity contribution in [2.24, 2.45) is 0 Å². The zero-order chi connectivity index (χ0) is 12.4. The highest BCUT2D eigenvalue weighted by Gasteiger charge is 2.18. The first-order valence-corrected chi connectivity index (χ1v) is 5.68. The van der Waals surface area contributed by atoms with Crippen molar-refractivity contribution in [3.8, 4) is 0 Å². The number of ether oxygens (including phenoxy) is 1. The summed E-state index contributed by atoms with van der Waals surface area (Å²) in [7, 11) is 0. The lowest BCUT2D eigenvalue weighted by atomic mass is 10.1. The lowest BCUT2D eigenvalue weighted by molar-refractivity contribution is -0.385. The number of nitro groups is 1. The van der Waals surface area contributed by atoms with Crippen LogP contribution in [-0.4, -0.2) is 31.2 Å². The molecule has 0 aromatic heterocycles. The Morgan fingerprint density at radius 2 is 1.88 bits per heavy atom. The molecule has 1 saturated heterocycles. The van der Waals surface area contributed by atoms with Gasteiger partial charge in [-0.15, -0.1) is 0 Å². The molecule has 1 fully saturated rings. The van der Waals surface area contributed by atoms with Gasteiger partial charge in [-0.05, 0) is 25.5 Å². The van der Waals surface area contributed by atoms with Crippen LogP contribution < -0.4 is 4.90 Å². The van der Waals surface area contributed by atoms with Gasteiger partial charge >= 0.3 is 0 Å². The molecule has 0 bridgehead atoms. The molecule has 1 aromatic carbocycles. The molecule has 0 saturated carbocycles. The molecular formula is C12H16N2O3. The van der Waals surface area contributed by atoms with Gasteiger partial charge in [-0.1, -0.05) is 0 Å². The van der Waals surface area contributed by atoms with Gasteiger partial charge in [0.05, 0.1) is 18.1 Å². The van der Waals surface area contributed by atoms with Gasteiger partial charge < -0.3 is 9.64 Å². The topological polar surface area (TPSA) is 55.6 Å². The van der Waals surface area contributed by atoms with E-state index in [0.717, 1.165) is 37.6 Å². The summed E-state index contributed by atoms with van der Waals surface area (Å²) in [6, 6.07) is 3.55. The number of aryl methyl sites for hydroxylation is 2. The molecule has 5 heteroatoms. The molecule has 1 aliphatic heterocycles. The van der Waals surface area contributed by atoms with Gasteiger partial charge in [-0.25, -0.2) is 0 Å². The number of hydrogen-bond acceptors (Lipinski definition) is 4. The Kier molecular flexibility index (Phi) is 3.28. The van der Waals surface area contributed by atoms with Crippen LogP contribution in [0, 0.1) is 24.0 Å². The van der Waals surface area contributed by atoms with Crippen LogP contribution in [0.2, 0.25) is 0 Å². The van der Waals surface area contributed by atoms with Crippen molar-refractivity contribution in [1.29, 1.82) is 0 Å². The highest BCUT2D eigenvalue weighted by molar-refractivity contribution is 5.61. The molecule has 0 aliphatic carbocycles. The van der Waals surface area contributed by atoms with Crippen molar-refractivity contribution in [1.82, 2.24) is 0 Å². The van der Waals surface area contributed by atoms with E-state index in [2.05, 4.69) is 4.90 Å². The average molecular weight is 236 g/mol. The first-order chi connectivity index (χ1) is 8.09. The Morgan fingerprint density at radius 1 is 1.24 bits per heavy atom. The predicted octanol–water partition coefficient (Wildman–Crippen LogP) is 2.05. The summed E-state index contributed by atoms with van der Waals surface area (Å²) in [5, 5.41) is 10.8. The monoisotopic (exact) mass is 236 g/mol. The fourth-order valence-corrected chi connectivity index (χ4v) is 2.13. The molecule has 0 atom stereocenters. The zero-order valence-corrected chi connectivity index (χ0v) is 10.1. The van der Waals surface area contributed by atoms with Crippen molar-refractivity contribution in [3.05, 3.63) is 33.4 Å². The van der Waals surface area contributed by atoms with E-state index in [-0.39, 0.29) is 10.6 Å². The minimum Gasteiger partial charge on any atom is -0.378 e. The molecule has 0 radical (unpaired) electrons. The van der Waals surface area contributed by atoms with Crippen molar-refractivity contribution in [2.75, 3.05) is 31.2 Å².